The van der Waals surface area contributed by atoms with Crippen LogP contribution >= 0.6 is 15.9 Å². The van der Waals surface area contributed by atoms with E-state index in [1.165, 1.54) is 10.2 Å². The van der Waals surface area contributed by atoms with Crippen LogP contribution in [0.25, 0.3) is 0 Å². The molecule has 5 heteroatoms. The van der Waals surface area contributed by atoms with E-state index in [0.717, 1.165) is 57.7 Å². The van der Waals surface area contributed by atoms with Crippen molar-refractivity contribution in [2.45, 2.75) is 66.0 Å². The Morgan fingerprint density at radius 3 is 2.57 bits per heavy atom. The Morgan fingerprint density at radius 2 is 2.00 bits per heavy atom. The molecule has 0 bridgehead atoms. The van der Waals surface area contributed by atoms with Gasteiger partial charge in [0, 0.05) is 25.6 Å². The fraction of sp³-hybridized carbons (Fsp3) is 0.812. The second-order valence-electron chi connectivity index (χ2n) is 5.31. The molecule has 0 aliphatic carbocycles. The van der Waals surface area contributed by atoms with Gasteiger partial charge in [-0.1, -0.05) is 20.8 Å². The quantitative estimate of drug-likeness (QED) is 0.614. The summed E-state index contributed by atoms with van der Waals surface area (Å²) >= 11 is 3.73. The van der Waals surface area contributed by atoms with Gasteiger partial charge in [-0.05, 0) is 48.7 Å². The summed E-state index contributed by atoms with van der Waals surface area (Å²) in [5.74, 6) is 0. The number of rotatable bonds is 11. The molecule has 1 rings (SSSR count). The maximum absolute atomic E-state index is 5.75. The summed E-state index contributed by atoms with van der Waals surface area (Å²) in [7, 11) is 0. The molecule has 0 saturated carbocycles. The van der Waals surface area contributed by atoms with Crippen LogP contribution in [0.15, 0.2) is 4.47 Å². The molecular formula is C16H30BrN3O. The molecule has 0 amide bonds. The van der Waals surface area contributed by atoms with Gasteiger partial charge < -0.3 is 10.1 Å². The zero-order chi connectivity index (χ0) is 15.7. The van der Waals surface area contributed by atoms with Gasteiger partial charge in [0.15, 0.2) is 0 Å². The van der Waals surface area contributed by atoms with E-state index in [1.54, 1.807) is 0 Å². The zero-order valence-electron chi connectivity index (χ0n) is 13.9. The summed E-state index contributed by atoms with van der Waals surface area (Å²) in [5, 5.41) is 8.27. The first-order chi connectivity index (χ1) is 10.2. The van der Waals surface area contributed by atoms with Gasteiger partial charge in [-0.25, -0.2) is 0 Å². The van der Waals surface area contributed by atoms with Gasteiger partial charge in [0.05, 0.1) is 22.5 Å². The Morgan fingerprint density at radius 1 is 1.24 bits per heavy atom. The number of hydrogen-bond acceptors (Lipinski definition) is 3. The summed E-state index contributed by atoms with van der Waals surface area (Å²) < 4.78 is 9.04. The van der Waals surface area contributed by atoms with Gasteiger partial charge in [0.2, 0.25) is 0 Å². The summed E-state index contributed by atoms with van der Waals surface area (Å²) in [6.07, 6.45) is 4.11. The van der Waals surface area contributed by atoms with Crippen molar-refractivity contribution in [2.75, 3.05) is 19.8 Å². The van der Waals surface area contributed by atoms with E-state index < -0.39 is 0 Å². The summed E-state index contributed by atoms with van der Waals surface area (Å²) in [6, 6.07) is 0.347. The van der Waals surface area contributed by atoms with Crippen LogP contribution in [-0.4, -0.2) is 35.6 Å². The molecule has 1 heterocycles. The molecule has 0 fully saturated rings. The van der Waals surface area contributed by atoms with E-state index in [0.29, 0.717) is 6.04 Å². The third-order valence-corrected chi connectivity index (χ3v) is 4.40. The number of hydrogen-bond donors (Lipinski definition) is 1. The number of aromatic nitrogens is 2. The van der Waals surface area contributed by atoms with Crippen molar-refractivity contribution in [1.82, 2.24) is 15.1 Å². The molecule has 0 radical (unpaired) electrons. The molecular weight excluding hydrogens is 330 g/mol. The minimum absolute atomic E-state index is 0.347. The van der Waals surface area contributed by atoms with Crippen LogP contribution in [0.5, 0.6) is 0 Å². The summed E-state index contributed by atoms with van der Waals surface area (Å²) in [6.45, 7) is 12.2. The molecule has 21 heavy (non-hydrogen) atoms. The van der Waals surface area contributed by atoms with Gasteiger partial charge in [0.25, 0.3) is 0 Å². The molecule has 1 aromatic rings. The Kier molecular flexibility index (Phi) is 9.20. The van der Waals surface area contributed by atoms with Crippen LogP contribution in [0.3, 0.4) is 0 Å². The SMILES string of the molecule is CCCNC(COCCC)Cc1c(Br)c(CC)nn1CC. The first-order valence-electron chi connectivity index (χ1n) is 8.22. The van der Waals surface area contributed by atoms with Gasteiger partial charge >= 0.3 is 0 Å². The standard InChI is InChI=1S/C16H30BrN3O/c1-5-9-18-13(12-21-10-6-2)11-15-16(17)14(7-3)19-20(15)8-4/h13,18H,5-12H2,1-4H3. The van der Waals surface area contributed by atoms with Crippen LogP contribution in [0.1, 0.15) is 51.9 Å². The van der Waals surface area contributed by atoms with E-state index in [2.05, 4.69) is 58.7 Å². The molecule has 0 spiro atoms. The largest absolute Gasteiger partial charge is 0.380 e. The third-order valence-electron chi connectivity index (χ3n) is 3.48. The van der Waals surface area contributed by atoms with Crippen LogP contribution in [0.2, 0.25) is 0 Å². The van der Waals surface area contributed by atoms with E-state index >= 15 is 0 Å². The second kappa shape index (κ2) is 10.4. The van der Waals surface area contributed by atoms with Crippen molar-refractivity contribution in [3.63, 3.8) is 0 Å². The fourth-order valence-electron chi connectivity index (χ4n) is 2.35. The van der Waals surface area contributed by atoms with E-state index in [4.69, 9.17) is 4.74 Å². The van der Waals surface area contributed by atoms with Crippen molar-refractivity contribution in [1.29, 1.82) is 0 Å². The highest BCUT2D eigenvalue weighted by Crippen LogP contribution is 2.23. The van der Waals surface area contributed by atoms with Gasteiger partial charge in [-0.15, -0.1) is 0 Å². The van der Waals surface area contributed by atoms with E-state index in [9.17, 15) is 0 Å². The highest BCUT2D eigenvalue weighted by atomic mass is 79.9. The van der Waals surface area contributed by atoms with E-state index in [1.807, 2.05) is 0 Å². The zero-order valence-corrected chi connectivity index (χ0v) is 15.5. The second-order valence-corrected chi connectivity index (χ2v) is 6.10. The highest BCUT2D eigenvalue weighted by Gasteiger charge is 2.18. The average molecular weight is 360 g/mol. The Bertz CT molecular complexity index is 406. The predicted molar refractivity (Wildman–Crippen MR) is 91.9 cm³/mol. The molecule has 1 aromatic heterocycles. The molecule has 0 aromatic carbocycles. The summed E-state index contributed by atoms with van der Waals surface area (Å²) in [4.78, 5) is 0. The first-order valence-corrected chi connectivity index (χ1v) is 9.02. The summed E-state index contributed by atoms with van der Waals surface area (Å²) in [5.41, 5.74) is 2.43. The lowest BCUT2D eigenvalue weighted by Crippen LogP contribution is -2.36. The Balaban J connectivity index is 2.78. The minimum atomic E-state index is 0.347. The maximum Gasteiger partial charge on any atom is 0.0766 e. The Hall–Kier alpha value is -0.390. The lowest BCUT2D eigenvalue weighted by atomic mass is 10.1. The number of ether oxygens (including phenoxy) is 1. The smallest absolute Gasteiger partial charge is 0.0766 e. The lowest BCUT2D eigenvalue weighted by molar-refractivity contribution is 0.111. The number of nitrogens with one attached hydrogen (secondary N) is 1. The monoisotopic (exact) mass is 359 g/mol. The van der Waals surface area contributed by atoms with Crippen molar-refractivity contribution in [2.24, 2.45) is 0 Å². The number of halogens is 1. The van der Waals surface area contributed by atoms with Gasteiger partial charge in [0.1, 0.15) is 0 Å². The van der Waals surface area contributed by atoms with Crippen molar-refractivity contribution in [3.05, 3.63) is 15.9 Å². The van der Waals surface area contributed by atoms with Crippen LogP contribution in [0.4, 0.5) is 0 Å². The third kappa shape index (κ3) is 5.72. The molecule has 0 saturated heterocycles. The molecule has 4 nitrogen and oxygen atoms in total. The normalized spacial score (nSPS) is 12.8. The predicted octanol–water partition coefficient (Wildman–Crippen LogP) is 3.57. The molecule has 1 atom stereocenters. The molecule has 0 aliphatic heterocycles. The highest BCUT2D eigenvalue weighted by molar-refractivity contribution is 9.10. The van der Waals surface area contributed by atoms with Gasteiger partial charge in [-0.3, -0.25) is 4.68 Å². The minimum Gasteiger partial charge on any atom is -0.380 e. The van der Waals surface area contributed by atoms with E-state index in [-0.39, 0.29) is 0 Å². The fourth-order valence-corrected chi connectivity index (χ4v) is 3.08. The van der Waals surface area contributed by atoms with Crippen molar-refractivity contribution in [3.8, 4) is 0 Å². The average Bonchev–Trinajstić information content (AvgIpc) is 2.80. The van der Waals surface area contributed by atoms with Crippen LogP contribution in [-0.2, 0) is 24.1 Å². The Labute approximate surface area is 137 Å². The van der Waals surface area contributed by atoms with Crippen LogP contribution < -0.4 is 5.32 Å². The molecule has 122 valence electrons. The van der Waals surface area contributed by atoms with Crippen LogP contribution in [0, 0.1) is 0 Å². The molecule has 0 aliphatic rings. The first kappa shape index (κ1) is 18.7. The van der Waals surface area contributed by atoms with Crippen molar-refractivity contribution >= 4 is 15.9 Å². The van der Waals surface area contributed by atoms with Gasteiger partial charge in [-0.2, -0.15) is 5.10 Å². The maximum atomic E-state index is 5.75. The number of nitrogens with zero attached hydrogens (tertiary/aromatic N) is 2. The lowest BCUT2D eigenvalue weighted by Gasteiger charge is -2.19. The number of aryl methyl sites for hydroxylation is 2. The topological polar surface area (TPSA) is 39.1 Å². The van der Waals surface area contributed by atoms with Crippen molar-refractivity contribution < 1.29 is 4.74 Å². The molecule has 1 N–H and O–H groups in total. The molecule has 1 unspecified atom stereocenters.